The maximum absolute atomic E-state index is 12.6. The molecule has 0 spiro atoms. The number of amides is 2. The van der Waals surface area contributed by atoms with Gasteiger partial charge in [-0.1, -0.05) is 35.9 Å². The number of likely N-dealkylation sites (N-methyl/N-ethyl adjacent to an activating group) is 1. The number of hydrogen-bond donors (Lipinski definition) is 1. The molecule has 22 heavy (non-hydrogen) atoms. The van der Waals surface area contributed by atoms with Crippen molar-refractivity contribution in [3.8, 4) is 0 Å². The maximum atomic E-state index is 12.6. The molecule has 0 saturated carbocycles. The van der Waals surface area contributed by atoms with Crippen LogP contribution in [0, 0.1) is 6.92 Å². The molecule has 1 N–H and O–H groups in total. The number of rotatable bonds is 6. The Morgan fingerprint density at radius 1 is 1.23 bits per heavy atom. The van der Waals surface area contributed by atoms with Crippen LogP contribution >= 0.6 is 0 Å². The quantitative estimate of drug-likeness (QED) is 0.633. The molecule has 5 nitrogen and oxygen atoms in total. The lowest BCUT2D eigenvalue weighted by atomic mass is 10.0. The summed E-state index contributed by atoms with van der Waals surface area (Å²) in [6.45, 7) is 5.91. The second-order valence-electron chi connectivity index (χ2n) is 5.24. The van der Waals surface area contributed by atoms with E-state index in [0.717, 1.165) is 5.56 Å². The van der Waals surface area contributed by atoms with Gasteiger partial charge in [0.2, 0.25) is 0 Å². The molecule has 1 aromatic rings. The summed E-state index contributed by atoms with van der Waals surface area (Å²) in [6.07, 6.45) is 1.53. The van der Waals surface area contributed by atoms with Crippen LogP contribution in [0.4, 0.5) is 0 Å². The van der Waals surface area contributed by atoms with Crippen molar-refractivity contribution >= 4 is 17.4 Å². The Morgan fingerprint density at radius 3 is 2.41 bits per heavy atom. The second kappa shape index (κ2) is 6.58. The van der Waals surface area contributed by atoms with E-state index in [2.05, 4.69) is 6.58 Å². The van der Waals surface area contributed by atoms with Gasteiger partial charge in [0.05, 0.1) is 12.2 Å². The molecular formula is C17H20N2O3. The molecule has 1 heterocycles. The summed E-state index contributed by atoms with van der Waals surface area (Å²) in [5.41, 5.74) is 2.48. The van der Waals surface area contributed by atoms with Crippen LogP contribution in [0.15, 0.2) is 42.6 Å². The summed E-state index contributed by atoms with van der Waals surface area (Å²) in [4.78, 5) is 28.0. The Kier molecular flexibility index (Phi) is 4.78. The fourth-order valence-electron chi connectivity index (χ4n) is 2.45. The molecule has 1 aromatic carbocycles. The van der Waals surface area contributed by atoms with Crippen LogP contribution in [0.25, 0.3) is 5.57 Å². The number of hydrogen-bond acceptors (Lipinski definition) is 4. The van der Waals surface area contributed by atoms with Gasteiger partial charge < -0.3 is 10.0 Å². The van der Waals surface area contributed by atoms with E-state index in [9.17, 15) is 9.59 Å². The van der Waals surface area contributed by atoms with E-state index < -0.39 is 0 Å². The van der Waals surface area contributed by atoms with Gasteiger partial charge in [-0.3, -0.25) is 14.5 Å². The number of aliphatic hydroxyl groups excluding tert-OH is 1. The van der Waals surface area contributed by atoms with Gasteiger partial charge >= 0.3 is 0 Å². The highest BCUT2D eigenvalue weighted by Gasteiger charge is 2.39. The molecular weight excluding hydrogens is 280 g/mol. The summed E-state index contributed by atoms with van der Waals surface area (Å²) in [6, 6.07) is 7.47. The number of benzene rings is 1. The molecule has 1 aliphatic heterocycles. The number of carbonyl (C=O) groups is 2. The molecule has 1 aliphatic rings. The average Bonchev–Trinajstić information content (AvgIpc) is 2.73. The van der Waals surface area contributed by atoms with Crippen molar-refractivity contribution in [3.63, 3.8) is 0 Å². The van der Waals surface area contributed by atoms with E-state index in [1.807, 2.05) is 31.2 Å². The highest BCUT2D eigenvalue weighted by molar-refractivity contribution is 6.35. The van der Waals surface area contributed by atoms with Crippen LogP contribution in [-0.4, -0.2) is 53.5 Å². The zero-order valence-corrected chi connectivity index (χ0v) is 12.9. The minimum atomic E-state index is -0.351. The summed E-state index contributed by atoms with van der Waals surface area (Å²) in [5, 5.41) is 9.12. The van der Waals surface area contributed by atoms with E-state index in [4.69, 9.17) is 5.11 Å². The number of carbonyl (C=O) groups excluding carboxylic acids is 2. The van der Waals surface area contributed by atoms with Crippen LogP contribution < -0.4 is 0 Å². The van der Waals surface area contributed by atoms with Crippen molar-refractivity contribution in [1.29, 1.82) is 0 Å². The largest absolute Gasteiger partial charge is 0.395 e. The van der Waals surface area contributed by atoms with E-state index in [1.54, 1.807) is 11.9 Å². The molecule has 0 atom stereocenters. The van der Waals surface area contributed by atoms with E-state index in [1.165, 1.54) is 11.0 Å². The molecule has 5 heteroatoms. The van der Waals surface area contributed by atoms with E-state index in [0.29, 0.717) is 16.8 Å². The van der Waals surface area contributed by atoms with Crippen molar-refractivity contribution in [2.24, 2.45) is 0 Å². The van der Waals surface area contributed by atoms with Gasteiger partial charge in [0.15, 0.2) is 0 Å². The van der Waals surface area contributed by atoms with Gasteiger partial charge in [-0.25, -0.2) is 0 Å². The van der Waals surface area contributed by atoms with Gasteiger partial charge in [-0.15, -0.1) is 6.58 Å². The molecule has 0 aromatic heterocycles. The predicted molar refractivity (Wildman–Crippen MR) is 84.7 cm³/mol. The van der Waals surface area contributed by atoms with Crippen LogP contribution in [-0.2, 0) is 9.59 Å². The number of nitrogens with zero attached hydrogens (tertiary/aromatic N) is 2. The Balaban J connectivity index is 2.54. The summed E-state index contributed by atoms with van der Waals surface area (Å²) in [5.74, 6) is -0.676. The van der Waals surface area contributed by atoms with Crippen LogP contribution in [0.1, 0.15) is 11.1 Å². The lowest BCUT2D eigenvalue weighted by molar-refractivity contribution is -0.136. The van der Waals surface area contributed by atoms with Gasteiger partial charge in [-0.2, -0.15) is 0 Å². The third-order valence-corrected chi connectivity index (χ3v) is 3.61. The minimum absolute atomic E-state index is 0.0931. The van der Waals surface area contributed by atoms with E-state index in [-0.39, 0.29) is 31.5 Å². The Morgan fingerprint density at radius 2 is 1.86 bits per heavy atom. The van der Waals surface area contributed by atoms with E-state index >= 15 is 0 Å². The molecule has 116 valence electrons. The van der Waals surface area contributed by atoms with Crippen LogP contribution in [0.2, 0.25) is 0 Å². The smallest absolute Gasteiger partial charge is 0.278 e. The lowest BCUT2D eigenvalue weighted by Gasteiger charge is -2.19. The first-order valence-corrected chi connectivity index (χ1v) is 7.11. The second-order valence-corrected chi connectivity index (χ2v) is 5.24. The normalized spacial score (nSPS) is 14.8. The number of aryl methyl sites for hydroxylation is 1. The first-order valence-electron chi connectivity index (χ1n) is 7.11. The molecule has 0 bridgehead atoms. The molecule has 2 rings (SSSR count). The average molecular weight is 300 g/mol. The topological polar surface area (TPSA) is 60.9 Å². The third-order valence-electron chi connectivity index (χ3n) is 3.61. The van der Waals surface area contributed by atoms with Crippen LogP contribution in [0.3, 0.4) is 0 Å². The Hall–Kier alpha value is -2.40. The number of imide groups is 1. The third kappa shape index (κ3) is 2.80. The summed E-state index contributed by atoms with van der Waals surface area (Å²) in [7, 11) is 1.70. The van der Waals surface area contributed by atoms with Gasteiger partial charge in [0.1, 0.15) is 5.70 Å². The SMILES string of the molecule is C=CCN1C(=O)C(c2ccc(C)cc2)=C(N(C)CCO)C1=O. The first-order chi connectivity index (χ1) is 10.5. The maximum Gasteiger partial charge on any atom is 0.278 e. The standard InChI is InChI=1S/C17H20N2O3/c1-4-9-19-16(21)14(13-7-5-12(2)6-8-13)15(17(19)22)18(3)10-11-20/h4-8,20H,1,9-11H2,2-3H3. The summed E-state index contributed by atoms with van der Waals surface area (Å²) < 4.78 is 0. The van der Waals surface area contributed by atoms with Gasteiger partial charge in [-0.05, 0) is 12.5 Å². The van der Waals surface area contributed by atoms with Crippen molar-refractivity contribution < 1.29 is 14.7 Å². The zero-order valence-electron chi connectivity index (χ0n) is 12.9. The lowest BCUT2D eigenvalue weighted by Crippen LogP contribution is -2.34. The fourth-order valence-corrected chi connectivity index (χ4v) is 2.45. The highest BCUT2D eigenvalue weighted by atomic mass is 16.3. The molecule has 0 saturated heterocycles. The minimum Gasteiger partial charge on any atom is -0.395 e. The fraction of sp³-hybridized carbons (Fsp3) is 0.294. The summed E-state index contributed by atoms with van der Waals surface area (Å²) >= 11 is 0. The monoisotopic (exact) mass is 300 g/mol. The van der Waals surface area contributed by atoms with Gasteiger partial charge in [0.25, 0.3) is 11.8 Å². The molecule has 0 unspecified atom stereocenters. The van der Waals surface area contributed by atoms with Gasteiger partial charge in [0, 0.05) is 20.1 Å². The number of aliphatic hydroxyl groups is 1. The Labute approximate surface area is 130 Å². The molecule has 0 radical (unpaired) electrons. The van der Waals surface area contributed by atoms with Crippen molar-refractivity contribution in [1.82, 2.24) is 9.80 Å². The molecule has 2 amide bonds. The molecule has 0 aliphatic carbocycles. The Bertz CT molecular complexity index is 632. The first kappa shape index (κ1) is 16.0. The van der Waals surface area contributed by atoms with Crippen molar-refractivity contribution in [2.75, 3.05) is 26.7 Å². The van der Waals surface area contributed by atoms with Crippen molar-refractivity contribution in [3.05, 3.63) is 53.7 Å². The zero-order chi connectivity index (χ0) is 16.3. The highest BCUT2D eigenvalue weighted by Crippen LogP contribution is 2.31. The predicted octanol–water partition coefficient (Wildman–Crippen LogP) is 1.19. The molecule has 0 fully saturated rings. The van der Waals surface area contributed by atoms with Crippen LogP contribution in [0.5, 0.6) is 0 Å². The van der Waals surface area contributed by atoms with Crippen molar-refractivity contribution in [2.45, 2.75) is 6.92 Å².